The molecule has 128 valence electrons. The van der Waals surface area contributed by atoms with Crippen molar-refractivity contribution in [2.75, 3.05) is 38.2 Å². The molecular weight excluding hydrogens is 331 g/mol. The van der Waals surface area contributed by atoms with Crippen LogP contribution in [-0.2, 0) is 10.0 Å². The molecule has 0 aliphatic carbocycles. The van der Waals surface area contributed by atoms with Gasteiger partial charge in [-0.15, -0.1) is 0 Å². The van der Waals surface area contributed by atoms with Crippen LogP contribution in [0.15, 0.2) is 53.4 Å². The van der Waals surface area contributed by atoms with E-state index in [0.717, 1.165) is 0 Å². The third-order valence-electron chi connectivity index (χ3n) is 4.13. The molecule has 0 bridgehead atoms. The number of methoxy groups -OCH3 is 1. The van der Waals surface area contributed by atoms with Crippen molar-refractivity contribution in [3.05, 3.63) is 54.3 Å². The van der Waals surface area contributed by atoms with Gasteiger partial charge in [0.05, 0.1) is 17.7 Å². The molecule has 0 spiro atoms. The molecule has 24 heavy (non-hydrogen) atoms. The summed E-state index contributed by atoms with van der Waals surface area (Å²) >= 11 is 0. The van der Waals surface area contributed by atoms with Crippen LogP contribution >= 0.6 is 0 Å². The highest BCUT2D eigenvalue weighted by Crippen LogP contribution is 2.24. The fourth-order valence-corrected chi connectivity index (χ4v) is 4.20. The Morgan fingerprint density at radius 2 is 1.58 bits per heavy atom. The van der Waals surface area contributed by atoms with Gasteiger partial charge in [-0.3, -0.25) is 0 Å². The second kappa shape index (κ2) is 6.78. The Bertz CT molecular complexity index is 801. The van der Waals surface area contributed by atoms with Crippen molar-refractivity contribution in [1.29, 1.82) is 0 Å². The molecule has 5 nitrogen and oxygen atoms in total. The van der Waals surface area contributed by atoms with E-state index in [1.807, 2.05) is 4.90 Å². The van der Waals surface area contributed by atoms with Gasteiger partial charge in [-0.05, 0) is 36.4 Å². The van der Waals surface area contributed by atoms with Gasteiger partial charge in [0.2, 0.25) is 10.0 Å². The summed E-state index contributed by atoms with van der Waals surface area (Å²) in [5, 5.41) is 0. The maximum Gasteiger partial charge on any atom is 0.243 e. The van der Waals surface area contributed by atoms with Gasteiger partial charge in [-0.25, -0.2) is 12.8 Å². The van der Waals surface area contributed by atoms with Crippen LogP contribution < -0.4 is 9.64 Å². The van der Waals surface area contributed by atoms with Crippen molar-refractivity contribution >= 4 is 15.7 Å². The number of sulfonamides is 1. The topological polar surface area (TPSA) is 49.9 Å². The molecule has 0 radical (unpaired) electrons. The van der Waals surface area contributed by atoms with Gasteiger partial charge in [0.25, 0.3) is 0 Å². The molecule has 0 amide bonds. The van der Waals surface area contributed by atoms with Crippen LogP contribution in [0.25, 0.3) is 0 Å². The van der Waals surface area contributed by atoms with Gasteiger partial charge >= 0.3 is 0 Å². The number of hydrogen-bond donors (Lipinski definition) is 0. The molecule has 1 heterocycles. The Balaban J connectivity index is 1.72. The number of halogens is 1. The molecule has 1 fully saturated rings. The second-order valence-electron chi connectivity index (χ2n) is 5.52. The Hall–Kier alpha value is -2.12. The Kier molecular flexibility index (Phi) is 4.73. The summed E-state index contributed by atoms with van der Waals surface area (Å²) in [5.41, 5.74) is 0.513. The fourth-order valence-electron chi connectivity index (χ4n) is 2.77. The van der Waals surface area contributed by atoms with Crippen molar-refractivity contribution in [2.45, 2.75) is 4.90 Å². The van der Waals surface area contributed by atoms with Crippen molar-refractivity contribution in [2.24, 2.45) is 0 Å². The largest absolute Gasteiger partial charge is 0.497 e. The summed E-state index contributed by atoms with van der Waals surface area (Å²) in [5.74, 6) is 0.322. The third-order valence-corrected chi connectivity index (χ3v) is 6.04. The van der Waals surface area contributed by atoms with E-state index in [2.05, 4.69) is 0 Å². The van der Waals surface area contributed by atoms with Gasteiger partial charge in [-0.2, -0.15) is 4.31 Å². The van der Waals surface area contributed by atoms with E-state index in [9.17, 15) is 12.8 Å². The maximum atomic E-state index is 13.9. The van der Waals surface area contributed by atoms with E-state index in [1.54, 1.807) is 30.3 Å². The molecule has 0 aromatic heterocycles. The summed E-state index contributed by atoms with van der Waals surface area (Å²) in [4.78, 5) is 2.11. The summed E-state index contributed by atoms with van der Waals surface area (Å²) in [6.07, 6.45) is 0. The van der Waals surface area contributed by atoms with Gasteiger partial charge < -0.3 is 9.64 Å². The molecule has 1 aliphatic heterocycles. The van der Waals surface area contributed by atoms with Gasteiger partial charge in [0, 0.05) is 26.2 Å². The minimum absolute atomic E-state index is 0.239. The summed E-state index contributed by atoms with van der Waals surface area (Å²) in [7, 11) is -2.01. The zero-order valence-corrected chi connectivity index (χ0v) is 14.2. The van der Waals surface area contributed by atoms with E-state index in [4.69, 9.17) is 4.74 Å². The average molecular weight is 350 g/mol. The number of rotatable bonds is 4. The smallest absolute Gasteiger partial charge is 0.243 e. The summed E-state index contributed by atoms with van der Waals surface area (Å²) < 4.78 is 45.7. The van der Waals surface area contributed by atoms with E-state index >= 15 is 0 Å². The van der Waals surface area contributed by atoms with E-state index in [-0.39, 0.29) is 10.7 Å². The number of piperazine rings is 1. The van der Waals surface area contributed by atoms with Crippen LogP contribution in [0.5, 0.6) is 5.75 Å². The number of nitrogens with zero attached hydrogens (tertiary/aromatic N) is 2. The molecule has 3 rings (SSSR count). The first-order valence-electron chi connectivity index (χ1n) is 7.66. The van der Waals surface area contributed by atoms with Crippen LogP contribution in [0.4, 0.5) is 10.1 Å². The highest BCUT2D eigenvalue weighted by atomic mass is 32.2. The number of hydrogen-bond acceptors (Lipinski definition) is 4. The highest BCUT2D eigenvalue weighted by molar-refractivity contribution is 7.89. The first-order valence-corrected chi connectivity index (χ1v) is 9.10. The minimum atomic E-state index is -3.55. The monoisotopic (exact) mass is 350 g/mol. The van der Waals surface area contributed by atoms with Crippen molar-refractivity contribution < 1.29 is 17.5 Å². The lowest BCUT2D eigenvalue weighted by atomic mass is 10.2. The van der Waals surface area contributed by atoms with Gasteiger partial charge in [-0.1, -0.05) is 12.1 Å². The molecule has 1 saturated heterocycles. The van der Waals surface area contributed by atoms with Crippen LogP contribution in [0.2, 0.25) is 0 Å². The third kappa shape index (κ3) is 3.22. The number of anilines is 1. The second-order valence-corrected chi connectivity index (χ2v) is 7.46. The Morgan fingerprint density at radius 3 is 2.17 bits per heavy atom. The molecule has 1 aliphatic rings. The molecule has 2 aromatic rings. The maximum absolute atomic E-state index is 13.9. The Labute approximate surface area is 141 Å². The lowest BCUT2D eigenvalue weighted by Gasteiger charge is -2.35. The normalized spacial score (nSPS) is 16.2. The van der Waals surface area contributed by atoms with Gasteiger partial charge in [0.1, 0.15) is 11.6 Å². The SMILES string of the molecule is COc1ccc(S(=O)(=O)N2CCN(c3ccccc3F)CC2)cc1. The highest BCUT2D eigenvalue weighted by Gasteiger charge is 2.29. The van der Waals surface area contributed by atoms with Gasteiger partial charge in [0.15, 0.2) is 0 Å². The predicted octanol–water partition coefficient (Wildman–Crippen LogP) is 2.35. The molecule has 0 N–H and O–H groups in total. The van der Waals surface area contributed by atoms with Crippen LogP contribution in [0.3, 0.4) is 0 Å². The standard InChI is InChI=1S/C17H19FN2O3S/c1-23-14-6-8-15(9-7-14)24(21,22)20-12-10-19(11-13-20)17-5-3-2-4-16(17)18/h2-9H,10-13H2,1H3. The van der Waals surface area contributed by atoms with Crippen molar-refractivity contribution in [3.8, 4) is 5.75 Å². The number of benzene rings is 2. The lowest BCUT2D eigenvalue weighted by molar-refractivity contribution is 0.383. The van der Waals surface area contributed by atoms with Crippen LogP contribution in [-0.4, -0.2) is 46.0 Å². The first-order chi connectivity index (χ1) is 11.5. The van der Waals surface area contributed by atoms with Crippen LogP contribution in [0, 0.1) is 5.82 Å². The average Bonchev–Trinajstić information content (AvgIpc) is 2.62. The van der Waals surface area contributed by atoms with E-state index in [0.29, 0.717) is 37.6 Å². The molecule has 0 atom stereocenters. The predicted molar refractivity (Wildman–Crippen MR) is 90.4 cm³/mol. The molecule has 0 saturated carbocycles. The summed E-state index contributed by atoms with van der Waals surface area (Å²) in [6, 6.07) is 12.9. The quantitative estimate of drug-likeness (QED) is 0.849. The van der Waals surface area contributed by atoms with E-state index < -0.39 is 10.0 Å². The molecule has 0 unspecified atom stereocenters. The first kappa shape index (κ1) is 16.7. The number of para-hydroxylation sites is 1. The molecule has 7 heteroatoms. The van der Waals surface area contributed by atoms with Crippen LogP contribution in [0.1, 0.15) is 0 Å². The zero-order chi connectivity index (χ0) is 17.2. The Morgan fingerprint density at radius 1 is 0.958 bits per heavy atom. The molecular formula is C17H19FN2O3S. The lowest BCUT2D eigenvalue weighted by Crippen LogP contribution is -2.48. The van der Waals surface area contributed by atoms with Crippen molar-refractivity contribution in [1.82, 2.24) is 4.31 Å². The number of ether oxygens (including phenoxy) is 1. The van der Waals surface area contributed by atoms with Crippen molar-refractivity contribution in [3.63, 3.8) is 0 Å². The zero-order valence-electron chi connectivity index (χ0n) is 13.4. The van der Waals surface area contributed by atoms with E-state index in [1.165, 1.54) is 29.6 Å². The fraction of sp³-hybridized carbons (Fsp3) is 0.294. The summed E-state index contributed by atoms with van der Waals surface area (Å²) in [6.45, 7) is 1.55. The minimum Gasteiger partial charge on any atom is -0.497 e. The molecule has 2 aromatic carbocycles.